The van der Waals surface area contributed by atoms with Crippen LogP contribution < -0.4 is 10.1 Å². The highest BCUT2D eigenvalue weighted by Gasteiger charge is 2.11. The summed E-state index contributed by atoms with van der Waals surface area (Å²) in [5, 5.41) is 11.9. The van der Waals surface area contributed by atoms with Gasteiger partial charge in [-0.3, -0.25) is 4.79 Å². The van der Waals surface area contributed by atoms with E-state index in [9.17, 15) is 14.4 Å². The predicted molar refractivity (Wildman–Crippen MR) is 121 cm³/mol. The molecule has 0 saturated carbocycles. The molecule has 1 N–H and O–H groups in total. The molecule has 0 fully saturated rings. The highest BCUT2D eigenvalue weighted by atomic mass is 79.9. The van der Waals surface area contributed by atoms with E-state index in [-0.39, 0.29) is 5.57 Å². The molecule has 0 aliphatic heterocycles. The number of benzene rings is 3. The van der Waals surface area contributed by atoms with Crippen molar-refractivity contribution in [3.05, 3.63) is 98.2 Å². The van der Waals surface area contributed by atoms with Gasteiger partial charge in [-0.2, -0.15) is 5.26 Å². The van der Waals surface area contributed by atoms with Crippen LogP contribution in [0.4, 0.5) is 10.1 Å². The van der Waals surface area contributed by atoms with E-state index in [4.69, 9.17) is 4.74 Å². The van der Waals surface area contributed by atoms with Gasteiger partial charge in [0, 0.05) is 10.2 Å². The zero-order valence-corrected chi connectivity index (χ0v) is 18.7. The molecular formula is C23H15Br2FN2O2. The predicted octanol–water partition coefficient (Wildman–Crippen LogP) is 6.48. The van der Waals surface area contributed by atoms with Crippen molar-refractivity contribution in [1.82, 2.24) is 0 Å². The molecule has 0 bridgehead atoms. The molecule has 3 aromatic carbocycles. The molecule has 0 spiro atoms. The summed E-state index contributed by atoms with van der Waals surface area (Å²) in [7, 11) is 0. The lowest BCUT2D eigenvalue weighted by molar-refractivity contribution is -0.112. The van der Waals surface area contributed by atoms with Gasteiger partial charge in [0.25, 0.3) is 5.91 Å². The number of nitriles is 1. The molecule has 0 aromatic heterocycles. The number of anilines is 1. The summed E-state index contributed by atoms with van der Waals surface area (Å²) < 4.78 is 20.5. The summed E-state index contributed by atoms with van der Waals surface area (Å²) in [6.45, 7) is 0.407. The standard InChI is InChI=1S/C23H15Br2FN2O2/c24-18-4-1-15(2-5-18)14-30-22-10-3-16(12-21(22)25)11-17(13-27)23(29)28-20-8-6-19(26)7-9-20/h1-12H,14H2,(H,28,29). The van der Waals surface area contributed by atoms with E-state index in [0.29, 0.717) is 28.1 Å². The average molecular weight is 530 g/mol. The zero-order valence-electron chi connectivity index (χ0n) is 15.5. The van der Waals surface area contributed by atoms with Crippen LogP contribution in [0.3, 0.4) is 0 Å². The number of carbonyl (C=O) groups excluding carboxylic acids is 1. The maximum absolute atomic E-state index is 13.0. The number of hydrogen-bond donors (Lipinski definition) is 1. The Bertz CT molecular complexity index is 1120. The second kappa shape index (κ2) is 10.2. The maximum Gasteiger partial charge on any atom is 0.266 e. The summed E-state index contributed by atoms with van der Waals surface area (Å²) in [4.78, 5) is 12.3. The minimum atomic E-state index is -0.573. The minimum Gasteiger partial charge on any atom is -0.488 e. The van der Waals surface area contributed by atoms with Crippen molar-refractivity contribution in [3.8, 4) is 11.8 Å². The fraction of sp³-hybridized carbons (Fsp3) is 0.0435. The topological polar surface area (TPSA) is 62.1 Å². The summed E-state index contributed by atoms with van der Waals surface area (Å²) in [5.41, 5.74) is 2.01. The number of ether oxygens (including phenoxy) is 1. The van der Waals surface area contributed by atoms with E-state index in [1.807, 2.05) is 30.3 Å². The zero-order chi connectivity index (χ0) is 21.5. The molecule has 0 radical (unpaired) electrons. The quantitative estimate of drug-likeness (QED) is 0.294. The van der Waals surface area contributed by atoms with Gasteiger partial charge in [0.05, 0.1) is 4.47 Å². The van der Waals surface area contributed by atoms with Crippen LogP contribution in [0.2, 0.25) is 0 Å². The second-order valence-corrected chi connectivity index (χ2v) is 8.01. The highest BCUT2D eigenvalue weighted by Crippen LogP contribution is 2.28. The van der Waals surface area contributed by atoms with Gasteiger partial charge in [-0.05, 0) is 81.7 Å². The van der Waals surface area contributed by atoms with Gasteiger partial charge < -0.3 is 10.1 Å². The van der Waals surface area contributed by atoms with Gasteiger partial charge in [-0.25, -0.2) is 4.39 Å². The van der Waals surface area contributed by atoms with Crippen LogP contribution in [0.1, 0.15) is 11.1 Å². The summed E-state index contributed by atoms with van der Waals surface area (Å²) in [5.74, 6) is -0.337. The van der Waals surface area contributed by atoms with Crippen LogP contribution in [-0.2, 0) is 11.4 Å². The monoisotopic (exact) mass is 528 g/mol. The molecule has 1 amide bonds. The molecule has 3 aromatic rings. The maximum atomic E-state index is 13.0. The number of rotatable bonds is 6. The largest absolute Gasteiger partial charge is 0.488 e. The van der Waals surface area contributed by atoms with Crippen molar-refractivity contribution in [2.75, 3.05) is 5.32 Å². The van der Waals surface area contributed by atoms with Crippen molar-refractivity contribution in [3.63, 3.8) is 0 Å². The van der Waals surface area contributed by atoms with E-state index >= 15 is 0 Å². The average Bonchev–Trinajstić information content (AvgIpc) is 2.74. The number of carbonyl (C=O) groups is 1. The highest BCUT2D eigenvalue weighted by molar-refractivity contribution is 9.10. The fourth-order valence-electron chi connectivity index (χ4n) is 2.51. The van der Waals surface area contributed by atoms with Gasteiger partial charge in [0.2, 0.25) is 0 Å². The summed E-state index contributed by atoms with van der Waals surface area (Å²) in [6, 6.07) is 20.3. The Morgan fingerprint density at radius 2 is 1.77 bits per heavy atom. The Morgan fingerprint density at radius 3 is 2.40 bits per heavy atom. The molecule has 0 aliphatic rings. The number of nitrogens with one attached hydrogen (secondary N) is 1. The third kappa shape index (κ3) is 6.02. The summed E-state index contributed by atoms with van der Waals surface area (Å²) >= 11 is 6.86. The van der Waals surface area contributed by atoms with Crippen LogP contribution in [0.15, 0.2) is 81.2 Å². The fourth-order valence-corrected chi connectivity index (χ4v) is 3.29. The van der Waals surface area contributed by atoms with Crippen molar-refractivity contribution >= 4 is 49.5 Å². The molecule has 4 nitrogen and oxygen atoms in total. The first-order valence-electron chi connectivity index (χ1n) is 8.80. The van der Waals surface area contributed by atoms with Crippen LogP contribution in [0.25, 0.3) is 6.08 Å². The number of nitrogens with zero attached hydrogens (tertiary/aromatic N) is 1. The summed E-state index contributed by atoms with van der Waals surface area (Å²) in [6.07, 6.45) is 1.47. The number of amides is 1. The Hall–Kier alpha value is -2.95. The van der Waals surface area contributed by atoms with E-state index in [1.165, 1.54) is 30.3 Å². The lowest BCUT2D eigenvalue weighted by Gasteiger charge is -2.09. The minimum absolute atomic E-state index is 0.0743. The normalized spacial score (nSPS) is 10.9. The van der Waals surface area contributed by atoms with Crippen LogP contribution >= 0.6 is 31.9 Å². The molecule has 0 unspecified atom stereocenters. The Balaban J connectivity index is 1.69. The number of halogens is 3. The van der Waals surface area contributed by atoms with E-state index in [0.717, 1.165) is 10.0 Å². The van der Waals surface area contributed by atoms with Crippen LogP contribution in [-0.4, -0.2) is 5.91 Å². The van der Waals surface area contributed by atoms with Crippen LogP contribution in [0.5, 0.6) is 5.75 Å². The van der Waals surface area contributed by atoms with Crippen molar-refractivity contribution in [1.29, 1.82) is 5.26 Å². The third-order valence-electron chi connectivity index (χ3n) is 4.04. The van der Waals surface area contributed by atoms with E-state index in [2.05, 4.69) is 37.2 Å². The Labute approximate surface area is 190 Å². The third-order valence-corrected chi connectivity index (χ3v) is 5.19. The molecule has 3 rings (SSSR count). The molecule has 7 heteroatoms. The molecule has 0 heterocycles. The van der Waals surface area contributed by atoms with Gasteiger partial charge in [-0.1, -0.05) is 34.1 Å². The SMILES string of the molecule is N#CC(=Cc1ccc(OCc2ccc(Br)cc2)c(Br)c1)C(=O)Nc1ccc(F)cc1. The first-order chi connectivity index (χ1) is 14.4. The van der Waals surface area contributed by atoms with E-state index < -0.39 is 11.7 Å². The van der Waals surface area contributed by atoms with Gasteiger partial charge in [0.1, 0.15) is 29.8 Å². The van der Waals surface area contributed by atoms with Crippen molar-refractivity contribution in [2.24, 2.45) is 0 Å². The van der Waals surface area contributed by atoms with Crippen molar-refractivity contribution < 1.29 is 13.9 Å². The van der Waals surface area contributed by atoms with E-state index in [1.54, 1.807) is 18.2 Å². The second-order valence-electron chi connectivity index (χ2n) is 6.24. The first-order valence-corrected chi connectivity index (χ1v) is 10.4. The van der Waals surface area contributed by atoms with Crippen molar-refractivity contribution in [2.45, 2.75) is 6.61 Å². The first kappa shape index (κ1) is 21.8. The smallest absolute Gasteiger partial charge is 0.266 e. The molecule has 0 atom stereocenters. The lowest BCUT2D eigenvalue weighted by Crippen LogP contribution is -2.13. The molecule has 0 saturated heterocycles. The molecule has 150 valence electrons. The molecule has 30 heavy (non-hydrogen) atoms. The number of hydrogen-bond acceptors (Lipinski definition) is 3. The van der Waals surface area contributed by atoms with Gasteiger partial charge in [0.15, 0.2) is 0 Å². The van der Waals surface area contributed by atoms with Gasteiger partial charge >= 0.3 is 0 Å². The molecular weight excluding hydrogens is 515 g/mol. The Morgan fingerprint density at radius 1 is 1.07 bits per heavy atom. The Kier molecular flexibility index (Phi) is 7.39. The van der Waals surface area contributed by atoms with Gasteiger partial charge in [-0.15, -0.1) is 0 Å². The lowest BCUT2D eigenvalue weighted by atomic mass is 10.1. The molecule has 0 aliphatic carbocycles. The van der Waals surface area contributed by atoms with Crippen LogP contribution in [0, 0.1) is 17.1 Å².